The van der Waals surface area contributed by atoms with Crippen LogP contribution in [0.15, 0.2) is 48.7 Å². The Labute approximate surface area is 159 Å². The zero-order valence-electron chi connectivity index (χ0n) is 14.3. The number of amides is 1. The number of methoxy groups -OCH3 is 1. The number of halogens is 1. The molecule has 1 aromatic heterocycles. The molecule has 1 aliphatic heterocycles. The lowest BCUT2D eigenvalue weighted by molar-refractivity contribution is -0.113. The average molecular weight is 385 g/mol. The summed E-state index contributed by atoms with van der Waals surface area (Å²) in [5.74, 6) is 0.438. The van der Waals surface area contributed by atoms with Gasteiger partial charge in [0.15, 0.2) is 11.5 Å². The number of phenolic OH excluding ortho intramolecular Hbond substituents is 1. The Hall–Kier alpha value is -3.00. The van der Waals surface area contributed by atoms with Crippen LogP contribution in [-0.2, 0) is 4.79 Å². The summed E-state index contributed by atoms with van der Waals surface area (Å²) < 4.78 is 20.9. The fourth-order valence-corrected chi connectivity index (χ4v) is 4.12. The molecule has 138 valence electrons. The van der Waals surface area contributed by atoms with Gasteiger partial charge in [-0.05, 0) is 29.8 Å². The highest BCUT2D eigenvalue weighted by molar-refractivity contribution is 8.00. The van der Waals surface area contributed by atoms with Crippen LogP contribution < -0.4 is 10.1 Å². The summed E-state index contributed by atoms with van der Waals surface area (Å²) in [7, 11) is 1.48. The van der Waals surface area contributed by atoms with Crippen molar-refractivity contribution in [3.63, 3.8) is 0 Å². The van der Waals surface area contributed by atoms with Gasteiger partial charge in [-0.1, -0.05) is 18.2 Å². The molecule has 0 spiro atoms. The molecule has 0 saturated carbocycles. The fourth-order valence-electron chi connectivity index (χ4n) is 3.03. The number of carbonyl (C=O) groups is 1. The van der Waals surface area contributed by atoms with Crippen LogP contribution >= 0.6 is 11.8 Å². The van der Waals surface area contributed by atoms with E-state index in [0.717, 1.165) is 11.1 Å². The number of ether oxygens (including phenoxy) is 1. The van der Waals surface area contributed by atoms with E-state index >= 15 is 0 Å². The molecule has 2 aromatic carbocycles. The maximum absolute atomic E-state index is 14.3. The molecule has 3 aromatic rings. The van der Waals surface area contributed by atoms with Gasteiger partial charge in [-0.25, -0.2) is 9.07 Å². The molecule has 2 heterocycles. The summed E-state index contributed by atoms with van der Waals surface area (Å²) in [6.07, 6.45) is 1.63. The first kappa shape index (κ1) is 17.4. The number of benzene rings is 2. The number of carbonyl (C=O) groups excluding carboxylic acids is 1. The van der Waals surface area contributed by atoms with E-state index in [9.17, 15) is 14.3 Å². The number of hydrogen-bond acceptors (Lipinski definition) is 5. The van der Waals surface area contributed by atoms with Crippen molar-refractivity contribution < 1.29 is 19.0 Å². The van der Waals surface area contributed by atoms with Gasteiger partial charge in [0.1, 0.15) is 17.3 Å². The van der Waals surface area contributed by atoms with Gasteiger partial charge in [0, 0.05) is 5.56 Å². The van der Waals surface area contributed by atoms with Gasteiger partial charge in [-0.2, -0.15) is 5.10 Å². The number of hydrogen-bond donors (Lipinski definition) is 2. The zero-order valence-corrected chi connectivity index (χ0v) is 15.2. The minimum absolute atomic E-state index is 0.0383. The third-order valence-electron chi connectivity index (χ3n) is 4.31. The van der Waals surface area contributed by atoms with Gasteiger partial charge in [-0.15, -0.1) is 11.8 Å². The van der Waals surface area contributed by atoms with Crippen LogP contribution in [-0.4, -0.2) is 33.7 Å². The molecule has 0 aliphatic carbocycles. The standard InChI is InChI=1S/C19H16FN3O3S/c1-26-16-8-11(6-7-15(16)24)18-12-9-21-23(14-5-3-2-4-13(14)20)19(12)22-17(25)10-27-18/h2-9,18,24H,10H2,1H3,(H,22,25). The second-order valence-electron chi connectivity index (χ2n) is 5.98. The van der Waals surface area contributed by atoms with E-state index in [2.05, 4.69) is 10.4 Å². The largest absolute Gasteiger partial charge is 0.504 e. The molecule has 0 radical (unpaired) electrons. The van der Waals surface area contributed by atoms with E-state index in [4.69, 9.17) is 4.74 Å². The number of nitrogens with one attached hydrogen (secondary N) is 1. The lowest BCUT2D eigenvalue weighted by Crippen LogP contribution is -2.16. The van der Waals surface area contributed by atoms with Gasteiger partial charge in [0.25, 0.3) is 0 Å². The lowest BCUT2D eigenvalue weighted by atomic mass is 10.1. The normalized spacial score (nSPS) is 16.4. The number of thioether (sulfide) groups is 1. The molecule has 6 nitrogen and oxygen atoms in total. The van der Waals surface area contributed by atoms with Gasteiger partial charge in [0.05, 0.1) is 24.3 Å². The highest BCUT2D eigenvalue weighted by Gasteiger charge is 2.29. The van der Waals surface area contributed by atoms with Crippen LogP contribution in [0.3, 0.4) is 0 Å². The van der Waals surface area contributed by atoms with Crippen molar-refractivity contribution in [2.75, 3.05) is 18.2 Å². The Morgan fingerprint density at radius 1 is 1.33 bits per heavy atom. The number of rotatable bonds is 3. The van der Waals surface area contributed by atoms with Crippen LogP contribution in [0.5, 0.6) is 11.5 Å². The summed E-state index contributed by atoms with van der Waals surface area (Å²) >= 11 is 1.43. The molecule has 0 fully saturated rings. The summed E-state index contributed by atoms with van der Waals surface area (Å²) in [6.45, 7) is 0. The topological polar surface area (TPSA) is 76.4 Å². The predicted octanol–water partition coefficient (Wildman–Crippen LogP) is 3.50. The molecule has 0 saturated heterocycles. The van der Waals surface area contributed by atoms with E-state index in [1.807, 2.05) is 0 Å². The van der Waals surface area contributed by atoms with Crippen LogP contribution in [0.4, 0.5) is 10.2 Å². The van der Waals surface area contributed by atoms with Gasteiger partial charge >= 0.3 is 0 Å². The number of aromatic nitrogens is 2. The minimum Gasteiger partial charge on any atom is -0.504 e. The monoisotopic (exact) mass is 385 g/mol. The first-order valence-corrected chi connectivity index (χ1v) is 9.24. The SMILES string of the molecule is COc1cc(C2SCC(=O)Nc3c2cnn3-c2ccccc2F)ccc1O. The predicted molar refractivity (Wildman–Crippen MR) is 101 cm³/mol. The number of anilines is 1. The Kier molecular flexibility index (Phi) is 4.49. The number of fused-ring (bicyclic) bond motifs is 1. The van der Waals surface area contributed by atoms with Gasteiger partial charge < -0.3 is 15.2 Å². The number of aromatic hydroxyl groups is 1. The van der Waals surface area contributed by atoms with E-state index in [1.54, 1.807) is 42.6 Å². The maximum atomic E-state index is 14.3. The van der Waals surface area contributed by atoms with Crippen molar-refractivity contribution in [1.29, 1.82) is 0 Å². The molecule has 2 N–H and O–H groups in total. The second kappa shape index (κ2) is 6.96. The van der Waals surface area contributed by atoms with Crippen molar-refractivity contribution in [3.05, 3.63) is 65.6 Å². The molecule has 0 bridgehead atoms. The van der Waals surface area contributed by atoms with Crippen molar-refractivity contribution in [2.24, 2.45) is 0 Å². The quantitative estimate of drug-likeness (QED) is 0.722. The van der Waals surface area contributed by atoms with Gasteiger partial charge in [0.2, 0.25) is 5.91 Å². The van der Waals surface area contributed by atoms with Crippen LogP contribution in [0, 0.1) is 5.82 Å². The molecule has 1 amide bonds. The smallest absolute Gasteiger partial charge is 0.235 e. The minimum atomic E-state index is -0.433. The highest BCUT2D eigenvalue weighted by atomic mass is 32.2. The number of phenols is 1. The molecule has 8 heteroatoms. The molecular weight excluding hydrogens is 369 g/mol. The van der Waals surface area contributed by atoms with Crippen LogP contribution in [0.1, 0.15) is 16.4 Å². The van der Waals surface area contributed by atoms with E-state index < -0.39 is 5.82 Å². The van der Waals surface area contributed by atoms with E-state index in [1.165, 1.54) is 29.6 Å². The molecule has 27 heavy (non-hydrogen) atoms. The molecule has 4 rings (SSSR count). The van der Waals surface area contributed by atoms with Crippen LogP contribution in [0.25, 0.3) is 5.69 Å². The lowest BCUT2D eigenvalue weighted by Gasteiger charge is -2.16. The van der Waals surface area contributed by atoms with Crippen molar-refractivity contribution in [1.82, 2.24) is 9.78 Å². The zero-order chi connectivity index (χ0) is 19.0. The van der Waals surface area contributed by atoms with Gasteiger partial charge in [-0.3, -0.25) is 4.79 Å². The third kappa shape index (κ3) is 3.12. The summed E-state index contributed by atoms with van der Waals surface area (Å²) in [5.41, 5.74) is 1.86. The molecule has 1 unspecified atom stereocenters. The fraction of sp³-hybridized carbons (Fsp3) is 0.158. The Morgan fingerprint density at radius 2 is 2.15 bits per heavy atom. The third-order valence-corrected chi connectivity index (χ3v) is 5.59. The van der Waals surface area contributed by atoms with Crippen molar-refractivity contribution in [2.45, 2.75) is 5.25 Å². The average Bonchev–Trinajstić information content (AvgIpc) is 2.98. The second-order valence-corrected chi connectivity index (χ2v) is 7.08. The molecule has 1 aliphatic rings. The summed E-state index contributed by atoms with van der Waals surface area (Å²) in [5, 5.41) is 16.8. The van der Waals surface area contributed by atoms with Crippen molar-refractivity contribution >= 4 is 23.5 Å². The number of para-hydroxylation sites is 1. The van der Waals surface area contributed by atoms with Crippen LogP contribution in [0.2, 0.25) is 0 Å². The Morgan fingerprint density at radius 3 is 2.93 bits per heavy atom. The first-order chi connectivity index (χ1) is 13.1. The van der Waals surface area contributed by atoms with E-state index in [0.29, 0.717) is 11.6 Å². The number of nitrogens with zero attached hydrogens (tertiary/aromatic N) is 2. The maximum Gasteiger partial charge on any atom is 0.235 e. The Balaban J connectivity index is 1.85. The molecular formula is C19H16FN3O3S. The summed E-state index contributed by atoms with van der Waals surface area (Å²) in [6, 6.07) is 11.3. The molecule has 1 atom stereocenters. The van der Waals surface area contributed by atoms with Crippen molar-refractivity contribution in [3.8, 4) is 17.2 Å². The summed E-state index contributed by atoms with van der Waals surface area (Å²) in [4.78, 5) is 12.2. The van der Waals surface area contributed by atoms with E-state index in [-0.39, 0.29) is 28.3 Å². The first-order valence-electron chi connectivity index (χ1n) is 8.19. The highest BCUT2D eigenvalue weighted by Crippen LogP contribution is 2.44. The Bertz CT molecular complexity index is 1020.